The second kappa shape index (κ2) is 8.27. The van der Waals surface area contributed by atoms with Crippen LogP contribution in [0, 0.1) is 18.3 Å². The van der Waals surface area contributed by atoms with E-state index in [0.717, 1.165) is 16.9 Å². The first-order valence-corrected chi connectivity index (χ1v) is 8.42. The van der Waals surface area contributed by atoms with Crippen molar-refractivity contribution in [2.75, 3.05) is 11.9 Å². The van der Waals surface area contributed by atoms with Crippen molar-refractivity contribution in [1.82, 2.24) is 0 Å². The number of esters is 1. The Bertz CT molecular complexity index is 790. The van der Waals surface area contributed by atoms with E-state index in [1.807, 2.05) is 26.0 Å². The summed E-state index contributed by atoms with van der Waals surface area (Å²) in [7, 11) is 0. The van der Waals surface area contributed by atoms with Crippen LogP contribution in [-0.2, 0) is 16.0 Å². The van der Waals surface area contributed by atoms with E-state index in [1.165, 1.54) is 11.3 Å². The van der Waals surface area contributed by atoms with Crippen molar-refractivity contribution >= 4 is 28.9 Å². The number of amides is 1. The molecule has 0 atom stereocenters. The van der Waals surface area contributed by atoms with Crippen molar-refractivity contribution in [2.45, 2.75) is 26.7 Å². The molecule has 0 aliphatic carbocycles. The van der Waals surface area contributed by atoms with Crippen LogP contribution in [0.15, 0.2) is 30.3 Å². The molecule has 0 saturated heterocycles. The molecule has 0 aliphatic rings. The van der Waals surface area contributed by atoms with Gasteiger partial charge in [0.05, 0.1) is 17.7 Å². The molecule has 1 aromatic heterocycles. The van der Waals surface area contributed by atoms with Crippen molar-refractivity contribution in [3.8, 4) is 6.07 Å². The Labute approximate surface area is 144 Å². The van der Waals surface area contributed by atoms with Crippen molar-refractivity contribution < 1.29 is 14.3 Å². The van der Waals surface area contributed by atoms with Gasteiger partial charge in [0, 0.05) is 4.88 Å². The molecule has 1 heterocycles. The smallest absolute Gasteiger partial charge is 0.348 e. The lowest BCUT2D eigenvalue weighted by atomic mass is 10.2. The standard InChI is InChI=1S/C18H18N2O3S/c1-3-15-12(2)10-16(24-15)18(22)23-9-8-17(21)20-14-7-5-4-6-13(14)11-19/h4-7,10H,3,8-9H2,1-2H3,(H,20,21). The SMILES string of the molecule is CCc1sc(C(=O)OCCC(=O)Nc2ccccc2C#N)cc1C. The van der Waals surface area contributed by atoms with E-state index in [4.69, 9.17) is 10.00 Å². The van der Waals surface area contributed by atoms with Crippen LogP contribution in [0.2, 0.25) is 0 Å². The predicted molar refractivity (Wildman–Crippen MR) is 93.1 cm³/mol. The van der Waals surface area contributed by atoms with Crippen LogP contribution in [0.3, 0.4) is 0 Å². The molecule has 0 bridgehead atoms. The van der Waals surface area contributed by atoms with E-state index in [-0.39, 0.29) is 18.9 Å². The van der Waals surface area contributed by atoms with Crippen molar-refractivity contribution in [1.29, 1.82) is 5.26 Å². The molecule has 2 aromatic rings. The largest absolute Gasteiger partial charge is 0.461 e. The molecule has 1 amide bonds. The van der Waals surface area contributed by atoms with Gasteiger partial charge in [-0.1, -0.05) is 19.1 Å². The monoisotopic (exact) mass is 342 g/mol. The zero-order valence-corrected chi connectivity index (χ0v) is 14.4. The highest BCUT2D eigenvalue weighted by atomic mass is 32.1. The fourth-order valence-electron chi connectivity index (χ4n) is 2.18. The zero-order chi connectivity index (χ0) is 17.5. The van der Waals surface area contributed by atoms with Crippen LogP contribution in [0.1, 0.15) is 39.0 Å². The van der Waals surface area contributed by atoms with Crippen LogP contribution in [0.4, 0.5) is 5.69 Å². The highest BCUT2D eigenvalue weighted by Crippen LogP contribution is 2.23. The molecule has 24 heavy (non-hydrogen) atoms. The molecule has 6 heteroatoms. The Hall–Kier alpha value is -2.65. The molecular weight excluding hydrogens is 324 g/mol. The van der Waals surface area contributed by atoms with Gasteiger partial charge in [0.15, 0.2) is 0 Å². The Kier molecular flexibility index (Phi) is 6.10. The number of anilines is 1. The lowest BCUT2D eigenvalue weighted by molar-refractivity contribution is -0.116. The van der Waals surface area contributed by atoms with Crippen LogP contribution in [-0.4, -0.2) is 18.5 Å². The van der Waals surface area contributed by atoms with Gasteiger partial charge >= 0.3 is 5.97 Å². The quantitative estimate of drug-likeness (QED) is 0.812. The summed E-state index contributed by atoms with van der Waals surface area (Å²) in [5, 5.41) is 11.6. The molecular formula is C18H18N2O3S. The number of nitrogens with zero attached hydrogens (tertiary/aromatic N) is 1. The summed E-state index contributed by atoms with van der Waals surface area (Å²) >= 11 is 1.42. The third kappa shape index (κ3) is 4.43. The molecule has 0 unspecified atom stereocenters. The van der Waals surface area contributed by atoms with Gasteiger partial charge in [0.1, 0.15) is 17.6 Å². The van der Waals surface area contributed by atoms with Gasteiger partial charge in [-0.2, -0.15) is 5.26 Å². The van der Waals surface area contributed by atoms with Crippen molar-refractivity contribution in [3.05, 3.63) is 51.2 Å². The number of aryl methyl sites for hydroxylation is 2. The van der Waals surface area contributed by atoms with Gasteiger partial charge in [-0.3, -0.25) is 4.79 Å². The first kappa shape index (κ1) is 17.7. The average Bonchev–Trinajstić information content (AvgIpc) is 2.96. The molecule has 0 aliphatic heterocycles. The van der Waals surface area contributed by atoms with Gasteiger partial charge in [-0.25, -0.2) is 4.79 Å². The van der Waals surface area contributed by atoms with Crippen molar-refractivity contribution in [2.24, 2.45) is 0 Å². The fourth-order valence-corrected chi connectivity index (χ4v) is 3.19. The minimum Gasteiger partial charge on any atom is -0.461 e. The number of nitriles is 1. The number of thiophene rings is 1. The molecule has 5 nitrogen and oxygen atoms in total. The normalized spacial score (nSPS) is 10.0. The van der Waals surface area contributed by atoms with Gasteiger partial charge in [-0.05, 0) is 37.1 Å². The summed E-state index contributed by atoms with van der Waals surface area (Å²) in [5.41, 5.74) is 1.93. The maximum Gasteiger partial charge on any atom is 0.348 e. The Morgan fingerprint density at radius 1 is 1.33 bits per heavy atom. The number of ether oxygens (including phenoxy) is 1. The number of hydrogen-bond acceptors (Lipinski definition) is 5. The first-order chi connectivity index (χ1) is 11.5. The van der Waals surface area contributed by atoms with Crippen molar-refractivity contribution in [3.63, 3.8) is 0 Å². The lowest BCUT2D eigenvalue weighted by Crippen LogP contribution is -2.16. The minimum absolute atomic E-state index is 0.00219. The second-order valence-electron chi connectivity index (χ2n) is 5.16. The maximum absolute atomic E-state index is 12.0. The minimum atomic E-state index is -0.409. The zero-order valence-electron chi connectivity index (χ0n) is 13.6. The molecule has 0 radical (unpaired) electrons. The summed E-state index contributed by atoms with van der Waals surface area (Å²) in [6.45, 7) is 4.00. The van der Waals surface area contributed by atoms with Gasteiger partial charge in [0.2, 0.25) is 5.91 Å². The topological polar surface area (TPSA) is 79.2 Å². The predicted octanol–water partition coefficient (Wildman–Crippen LogP) is 3.68. The molecule has 2 rings (SSSR count). The molecule has 0 fully saturated rings. The fraction of sp³-hybridized carbons (Fsp3) is 0.278. The van der Waals surface area contributed by atoms with E-state index in [0.29, 0.717) is 16.1 Å². The number of carbonyl (C=O) groups excluding carboxylic acids is 2. The summed E-state index contributed by atoms with van der Waals surface area (Å²) in [6, 6.07) is 10.6. The van der Waals surface area contributed by atoms with Gasteiger partial charge in [0.25, 0.3) is 0 Å². The molecule has 124 valence electrons. The third-order valence-electron chi connectivity index (χ3n) is 3.43. The van der Waals surface area contributed by atoms with Crippen LogP contribution in [0.25, 0.3) is 0 Å². The number of hydrogen-bond donors (Lipinski definition) is 1. The van der Waals surface area contributed by atoms with E-state index in [1.54, 1.807) is 24.3 Å². The summed E-state index contributed by atoms with van der Waals surface area (Å²) in [4.78, 5) is 25.6. The Morgan fingerprint density at radius 2 is 2.08 bits per heavy atom. The lowest BCUT2D eigenvalue weighted by Gasteiger charge is -2.07. The molecule has 1 N–H and O–H groups in total. The van der Waals surface area contributed by atoms with E-state index in [9.17, 15) is 9.59 Å². The van der Waals surface area contributed by atoms with Crippen LogP contribution in [0.5, 0.6) is 0 Å². The Morgan fingerprint density at radius 3 is 2.75 bits per heavy atom. The number of nitrogens with one attached hydrogen (secondary N) is 1. The van der Waals surface area contributed by atoms with E-state index >= 15 is 0 Å². The number of benzene rings is 1. The van der Waals surface area contributed by atoms with Gasteiger partial charge in [-0.15, -0.1) is 11.3 Å². The second-order valence-corrected chi connectivity index (χ2v) is 6.30. The highest BCUT2D eigenvalue weighted by molar-refractivity contribution is 7.14. The highest BCUT2D eigenvalue weighted by Gasteiger charge is 2.14. The van der Waals surface area contributed by atoms with E-state index < -0.39 is 5.97 Å². The molecule has 0 saturated carbocycles. The maximum atomic E-state index is 12.0. The number of carbonyl (C=O) groups is 2. The first-order valence-electron chi connectivity index (χ1n) is 7.60. The van der Waals surface area contributed by atoms with Crippen LogP contribution >= 0.6 is 11.3 Å². The van der Waals surface area contributed by atoms with Crippen LogP contribution < -0.4 is 5.32 Å². The number of para-hydroxylation sites is 1. The summed E-state index contributed by atoms with van der Waals surface area (Å²) in [5.74, 6) is -0.713. The average molecular weight is 342 g/mol. The summed E-state index contributed by atoms with van der Waals surface area (Å²) in [6.07, 6.45) is 0.918. The summed E-state index contributed by atoms with van der Waals surface area (Å²) < 4.78 is 5.15. The number of rotatable bonds is 6. The van der Waals surface area contributed by atoms with E-state index in [2.05, 4.69) is 5.32 Å². The third-order valence-corrected chi connectivity index (χ3v) is 4.79. The van der Waals surface area contributed by atoms with Gasteiger partial charge < -0.3 is 10.1 Å². The molecule has 0 spiro atoms. The Balaban J connectivity index is 1.84. The molecule has 1 aromatic carbocycles.